The Morgan fingerprint density at radius 3 is 2.77 bits per heavy atom. The minimum Gasteiger partial charge on any atom is -0.456 e. The number of nitrogens with one attached hydrogen (secondary N) is 1. The van der Waals surface area contributed by atoms with Crippen molar-refractivity contribution in [2.75, 3.05) is 19.7 Å². The zero-order chi connectivity index (χ0) is 19.3. The molecular weight excluding hydrogens is 336 g/mol. The van der Waals surface area contributed by atoms with Crippen LogP contribution >= 0.6 is 0 Å². The molecule has 0 bridgehead atoms. The summed E-state index contributed by atoms with van der Waals surface area (Å²) in [4.78, 5) is 26.5. The summed E-state index contributed by atoms with van der Waals surface area (Å²) >= 11 is 0. The van der Waals surface area contributed by atoms with Crippen LogP contribution in [0.5, 0.6) is 0 Å². The molecule has 0 saturated carbocycles. The van der Waals surface area contributed by atoms with Gasteiger partial charge in [0.05, 0.1) is 12.6 Å². The molecule has 7 heteroatoms. The zero-order valence-electron chi connectivity index (χ0n) is 15.8. The van der Waals surface area contributed by atoms with Crippen LogP contribution in [-0.2, 0) is 16.1 Å². The molecule has 1 aromatic rings. The molecule has 26 heavy (non-hydrogen) atoms. The second kappa shape index (κ2) is 9.00. The van der Waals surface area contributed by atoms with Crippen molar-refractivity contribution >= 4 is 11.8 Å². The third kappa shape index (κ3) is 5.19. The molecule has 1 aliphatic heterocycles. The monoisotopic (exact) mass is 364 g/mol. The summed E-state index contributed by atoms with van der Waals surface area (Å²) in [6.07, 6.45) is 3.21. The molecule has 0 spiro atoms. The summed E-state index contributed by atoms with van der Waals surface area (Å²) in [7, 11) is 0. The van der Waals surface area contributed by atoms with E-state index >= 15 is 0 Å². The Labute approximate surface area is 154 Å². The smallest absolute Gasteiger partial charge is 0.287 e. The van der Waals surface area contributed by atoms with Crippen LogP contribution < -0.4 is 5.32 Å². The van der Waals surface area contributed by atoms with Crippen LogP contribution in [0.1, 0.15) is 42.6 Å². The molecule has 2 atom stereocenters. The molecule has 7 nitrogen and oxygen atoms in total. The zero-order valence-corrected chi connectivity index (χ0v) is 15.8. The Morgan fingerprint density at radius 2 is 2.15 bits per heavy atom. The lowest BCUT2D eigenvalue weighted by Gasteiger charge is -2.31. The van der Waals surface area contributed by atoms with Crippen molar-refractivity contribution in [1.82, 2.24) is 10.2 Å². The van der Waals surface area contributed by atoms with Gasteiger partial charge in [-0.3, -0.25) is 9.59 Å². The Kier molecular flexibility index (Phi) is 6.99. The van der Waals surface area contributed by atoms with E-state index in [1.165, 1.54) is 6.07 Å². The van der Waals surface area contributed by atoms with Gasteiger partial charge >= 0.3 is 0 Å². The second-order valence-corrected chi connectivity index (χ2v) is 6.97. The molecule has 1 aromatic heterocycles. The van der Waals surface area contributed by atoms with Gasteiger partial charge in [0.15, 0.2) is 5.76 Å². The Morgan fingerprint density at radius 1 is 1.42 bits per heavy atom. The third-order valence-corrected chi connectivity index (χ3v) is 4.18. The van der Waals surface area contributed by atoms with Crippen LogP contribution in [0.15, 0.2) is 22.6 Å². The Hall–Kier alpha value is -2.12. The molecule has 2 rings (SSSR count). The van der Waals surface area contributed by atoms with E-state index in [1.54, 1.807) is 18.7 Å². The van der Waals surface area contributed by atoms with Gasteiger partial charge in [0.1, 0.15) is 11.9 Å². The normalized spacial score (nSPS) is 18.2. The van der Waals surface area contributed by atoms with Gasteiger partial charge in [-0.05, 0) is 25.8 Å². The predicted molar refractivity (Wildman–Crippen MR) is 96.6 cm³/mol. The maximum atomic E-state index is 12.5. The van der Waals surface area contributed by atoms with Crippen LogP contribution in [0.2, 0.25) is 0 Å². The number of nitrogens with zero attached hydrogens (tertiary/aromatic N) is 1. The largest absolute Gasteiger partial charge is 0.456 e. The molecule has 0 fully saturated rings. The lowest BCUT2D eigenvalue weighted by molar-refractivity contribution is -0.143. The number of carbonyl (C=O) groups excluding carboxylic acids is 2. The first-order chi connectivity index (χ1) is 12.3. The molecule has 0 saturated heterocycles. The van der Waals surface area contributed by atoms with Gasteiger partial charge in [-0.2, -0.15) is 0 Å². The molecule has 1 aliphatic rings. The fourth-order valence-electron chi connectivity index (χ4n) is 2.69. The molecule has 0 aliphatic carbocycles. The molecule has 0 aromatic carbocycles. The minimum atomic E-state index is -0.514. The number of aliphatic hydroxyl groups excluding tert-OH is 1. The Balaban J connectivity index is 1.93. The summed E-state index contributed by atoms with van der Waals surface area (Å²) in [5, 5.41) is 12.0. The van der Waals surface area contributed by atoms with E-state index in [0.29, 0.717) is 36.9 Å². The molecule has 2 heterocycles. The van der Waals surface area contributed by atoms with E-state index in [9.17, 15) is 14.7 Å². The van der Waals surface area contributed by atoms with Crippen molar-refractivity contribution in [1.29, 1.82) is 0 Å². The van der Waals surface area contributed by atoms with Crippen LogP contribution in [0.3, 0.4) is 0 Å². The van der Waals surface area contributed by atoms with Crippen molar-refractivity contribution in [2.24, 2.45) is 5.92 Å². The maximum absolute atomic E-state index is 12.5. The summed E-state index contributed by atoms with van der Waals surface area (Å²) in [5.41, 5.74) is 0.585. The number of hydrogen-bond donors (Lipinski definition) is 2. The van der Waals surface area contributed by atoms with Gasteiger partial charge in [0.2, 0.25) is 0 Å². The molecular formula is C19H28N2O5. The predicted octanol–water partition coefficient (Wildman–Crippen LogP) is 1.64. The van der Waals surface area contributed by atoms with Crippen molar-refractivity contribution in [3.8, 4) is 0 Å². The van der Waals surface area contributed by atoms with E-state index in [1.807, 2.05) is 26.0 Å². The summed E-state index contributed by atoms with van der Waals surface area (Å²) < 4.78 is 11.0. The molecule has 2 unspecified atom stereocenters. The second-order valence-electron chi connectivity index (χ2n) is 6.97. The van der Waals surface area contributed by atoms with Crippen molar-refractivity contribution in [2.45, 2.75) is 46.4 Å². The van der Waals surface area contributed by atoms with Gasteiger partial charge in [-0.25, -0.2) is 0 Å². The molecule has 2 N–H and O–H groups in total. The van der Waals surface area contributed by atoms with Crippen molar-refractivity contribution in [3.63, 3.8) is 0 Å². The third-order valence-electron chi connectivity index (χ3n) is 4.18. The standard InChI is InChI=1S/C19H28N2O5/c1-12(2)11-25-14(4)19(24)21-7-5-6-16(9-21)20-18(23)17-8-15(10-22)13(3)26-17/h5-6,8,12,14,16,22H,7,9-11H2,1-4H3,(H,20,23). The fraction of sp³-hybridized carbons (Fsp3) is 0.579. The number of carbonyl (C=O) groups is 2. The number of aryl methyl sites for hydroxylation is 1. The highest BCUT2D eigenvalue weighted by atomic mass is 16.5. The fourth-order valence-corrected chi connectivity index (χ4v) is 2.69. The van der Waals surface area contributed by atoms with Gasteiger partial charge in [0, 0.05) is 25.3 Å². The topological polar surface area (TPSA) is 92.0 Å². The first-order valence-electron chi connectivity index (χ1n) is 8.89. The number of furan rings is 1. The highest BCUT2D eigenvalue weighted by molar-refractivity contribution is 5.92. The summed E-state index contributed by atoms with van der Waals surface area (Å²) in [5.74, 6) is 0.562. The van der Waals surface area contributed by atoms with Crippen molar-refractivity contribution in [3.05, 3.63) is 35.3 Å². The first kappa shape index (κ1) is 20.2. The van der Waals surface area contributed by atoms with E-state index in [-0.39, 0.29) is 30.2 Å². The van der Waals surface area contributed by atoms with Crippen LogP contribution in [0, 0.1) is 12.8 Å². The Bertz CT molecular complexity index is 665. The average Bonchev–Trinajstić information content (AvgIpc) is 3.00. The van der Waals surface area contributed by atoms with Gasteiger partial charge in [-0.15, -0.1) is 0 Å². The molecule has 0 radical (unpaired) electrons. The number of amides is 2. The van der Waals surface area contributed by atoms with Gasteiger partial charge in [0.25, 0.3) is 11.8 Å². The van der Waals surface area contributed by atoms with Crippen molar-refractivity contribution < 1.29 is 23.8 Å². The first-order valence-corrected chi connectivity index (χ1v) is 8.89. The highest BCUT2D eigenvalue weighted by Gasteiger charge is 2.26. The number of hydrogen-bond acceptors (Lipinski definition) is 5. The molecule has 2 amide bonds. The average molecular weight is 364 g/mol. The maximum Gasteiger partial charge on any atom is 0.287 e. The van der Waals surface area contributed by atoms with Crippen LogP contribution in [0.25, 0.3) is 0 Å². The van der Waals surface area contributed by atoms with E-state index in [0.717, 1.165) is 0 Å². The van der Waals surface area contributed by atoms with E-state index in [4.69, 9.17) is 9.15 Å². The lowest BCUT2D eigenvalue weighted by Crippen LogP contribution is -2.50. The summed E-state index contributed by atoms with van der Waals surface area (Å²) in [6.45, 7) is 8.73. The van der Waals surface area contributed by atoms with E-state index < -0.39 is 6.10 Å². The minimum absolute atomic E-state index is 0.0920. The lowest BCUT2D eigenvalue weighted by atomic mass is 10.1. The van der Waals surface area contributed by atoms with Crippen LogP contribution in [0.4, 0.5) is 0 Å². The number of aliphatic hydroxyl groups is 1. The van der Waals surface area contributed by atoms with Crippen LogP contribution in [-0.4, -0.2) is 53.7 Å². The quantitative estimate of drug-likeness (QED) is 0.718. The number of rotatable bonds is 7. The number of ether oxygens (including phenoxy) is 1. The summed E-state index contributed by atoms with van der Waals surface area (Å²) in [6, 6.07) is 1.22. The molecule has 144 valence electrons. The van der Waals surface area contributed by atoms with E-state index in [2.05, 4.69) is 5.32 Å². The van der Waals surface area contributed by atoms with Gasteiger partial charge in [-0.1, -0.05) is 26.0 Å². The highest BCUT2D eigenvalue weighted by Crippen LogP contribution is 2.15. The SMILES string of the molecule is Cc1oc(C(=O)NC2C=CCN(C(=O)C(C)OCC(C)C)C2)cc1CO. The van der Waals surface area contributed by atoms with Gasteiger partial charge < -0.3 is 24.5 Å².